The first-order valence-electron chi connectivity index (χ1n) is 10.7. The van der Waals surface area contributed by atoms with Gasteiger partial charge in [0.15, 0.2) is 0 Å². The van der Waals surface area contributed by atoms with Gasteiger partial charge < -0.3 is 10.2 Å². The van der Waals surface area contributed by atoms with Crippen molar-refractivity contribution in [2.45, 2.75) is 25.8 Å². The number of aryl methyl sites for hydroxylation is 1. The Morgan fingerprint density at radius 1 is 0.933 bits per heavy atom. The molecule has 2 aromatic carbocycles. The topological polar surface area (TPSA) is 59.4 Å². The second-order valence-corrected chi connectivity index (χ2v) is 7.62. The Labute approximate surface area is 179 Å². The van der Waals surface area contributed by atoms with Gasteiger partial charge >= 0.3 is 0 Å². The van der Waals surface area contributed by atoms with Crippen molar-refractivity contribution >= 4 is 5.91 Å². The van der Waals surface area contributed by atoms with E-state index >= 15 is 0 Å². The fourth-order valence-corrected chi connectivity index (χ4v) is 3.64. The first kappa shape index (κ1) is 21.6. The number of nitrogens with zero attached hydrogens (tertiary/aromatic N) is 3. The molecule has 156 valence electrons. The normalized spacial score (nSPS) is 14.9. The molecule has 0 atom stereocenters. The van der Waals surface area contributed by atoms with Gasteiger partial charge in [-0.1, -0.05) is 60.7 Å². The summed E-state index contributed by atoms with van der Waals surface area (Å²) in [5, 5.41) is 12.6. The van der Waals surface area contributed by atoms with E-state index in [9.17, 15) is 10.1 Å². The fourth-order valence-electron chi connectivity index (χ4n) is 3.64. The molecule has 1 saturated heterocycles. The molecular weight excluding hydrogens is 372 g/mol. The number of benzene rings is 2. The SMILES string of the molecule is N#C/C(=C/NCCCCc1ccccc1)C(=O)N1CCN(Cc2ccccc2)CC1. The minimum atomic E-state index is -0.173. The Bertz CT molecular complexity index is 850. The van der Waals surface area contributed by atoms with Crippen molar-refractivity contribution in [3.05, 3.63) is 83.6 Å². The van der Waals surface area contributed by atoms with Gasteiger partial charge in [-0.2, -0.15) is 5.26 Å². The Morgan fingerprint density at radius 3 is 2.20 bits per heavy atom. The van der Waals surface area contributed by atoms with Crippen LogP contribution in [0.25, 0.3) is 0 Å². The first-order valence-corrected chi connectivity index (χ1v) is 10.7. The molecule has 30 heavy (non-hydrogen) atoms. The summed E-state index contributed by atoms with van der Waals surface area (Å²) in [5.74, 6) is -0.173. The largest absolute Gasteiger partial charge is 0.390 e. The summed E-state index contributed by atoms with van der Waals surface area (Å²) >= 11 is 0. The van der Waals surface area contributed by atoms with Crippen molar-refractivity contribution in [2.24, 2.45) is 0 Å². The number of hydrogen-bond acceptors (Lipinski definition) is 4. The van der Waals surface area contributed by atoms with Crippen LogP contribution in [-0.4, -0.2) is 48.4 Å². The zero-order valence-electron chi connectivity index (χ0n) is 17.5. The van der Waals surface area contributed by atoms with Crippen LogP contribution < -0.4 is 5.32 Å². The van der Waals surface area contributed by atoms with Crippen molar-refractivity contribution in [2.75, 3.05) is 32.7 Å². The van der Waals surface area contributed by atoms with Crippen LogP contribution in [0.15, 0.2) is 72.4 Å². The second kappa shape index (κ2) is 11.8. The zero-order chi connectivity index (χ0) is 21.0. The number of carbonyl (C=O) groups is 1. The van der Waals surface area contributed by atoms with Crippen molar-refractivity contribution in [1.29, 1.82) is 5.26 Å². The molecular formula is C25H30N4O. The number of carbonyl (C=O) groups excluding carboxylic acids is 1. The van der Waals surface area contributed by atoms with E-state index in [1.807, 2.05) is 24.3 Å². The quantitative estimate of drug-likeness (QED) is 0.397. The highest BCUT2D eigenvalue weighted by Crippen LogP contribution is 2.11. The molecule has 0 spiro atoms. The lowest BCUT2D eigenvalue weighted by Gasteiger charge is -2.34. The summed E-state index contributed by atoms with van der Waals surface area (Å²) in [5.41, 5.74) is 2.81. The summed E-state index contributed by atoms with van der Waals surface area (Å²) in [6, 6.07) is 22.8. The molecule has 1 aliphatic heterocycles. The van der Waals surface area contributed by atoms with Crippen LogP contribution in [0, 0.1) is 11.3 Å². The number of rotatable bonds is 9. The number of nitriles is 1. The minimum absolute atomic E-state index is 0.173. The van der Waals surface area contributed by atoms with Gasteiger partial charge in [0.1, 0.15) is 11.6 Å². The highest BCUT2D eigenvalue weighted by Gasteiger charge is 2.23. The predicted octanol–water partition coefficient (Wildman–Crippen LogP) is 3.35. The van der Waals surface area contributed by atoms with Crippen LogP contribution in [0.2, 0.25) is 0 Å². The molecule has 0 bridgehead atoms. The Kier molecular flexibility index (Phi) is 8.49. The molecule has 0 unspecified atom stereocenters. The van der Waals surface area contributed by atoms with Crippen LogP contribution in [0.5, 0.6) is 0 Å². The predicted molar refractivity (Wildman–Crippen MR) is 119 cm³/mol. The Morgan fingerprint density at radius 2 is 1.57 bits per heavy atom. The summed E-state index contributed by atoms with van der Waals surface area (Å²) in [4.78, 5) is 16.8. The molecule has 0 aliphatic carbocycles. The van der Waals surface area contributed by atoms with E-state index in [-0.39, 0.29) is 11.5 Å². The summed E-state index contributed by atoms with van der Waals surface area (Å²) < 4.78 is 0. The van der Waals surface area contributed by atoms with Crippen molar-refractivity contribution in [3.63, 3.8) is 0 Å². The number of amides is 1. The molecule has 5 heteroatoms. The van der Waals surface area contributed by atoms with Crippen LogP contribution >= 0.6 is 0 Å². The van der Waals surface area contributed by atoms with E-state index in [0.717, 1.165) is 45.4 Å². The maximum atomic E-state index is 12.7. The molecule has 1 amide bonds. The van der Waals surface area contributed by atoms with Gasteiger partial charge in [0.2, 0.25) is 0 Å². The van der Waals surface area contributed by atoms with Crippen LogP contribution in [-0.2, 0) is 17.8 Å². The molecule has 1 aliphatic rings. The maximum absolute atomic E-state index is 12.7. The summed E-state index contributed by atoms with van der Waals surface area (Å²) in [6.07, 6.45) is 4.70. The highest BCUT2D eigenvalue weighted by molar-refractivity contribution is 5.97. The molecule has 1 N–H and O–H groups in total. The Hall–Kier alpha value is -3.10. The van der Waals surface area contributed by atoms with Crippen LogP contribution in [0.3, 0.4) is 0 Å². The van der Waals surface area contributed by atoms with Gasteiger partial charge in [-0.15, -0.1) is 0 Å². The van der Waals surface area contributed by atoms with Crippen LogP contribution in [0.4, 0.5) is 0 Å². The van der Waals surface area contributed by atoms with E-state index in [1.165, 1.54) is 11.1 Å². The average molecular weight is 403 g/mol. The minimum Gasteiger partial charge on any atom is -0.390 e. The van der Waals surface area contributed by atoms with E-state index in [4.69, 9.17) is 0 Å². The molecule has 1 fully saturated rings. The fraction of sp³-hybridized carbons (Fsp3) is 0.360. The van der Waals surface area contributed by atoms with Crippen molar-refractivity contribution in [3.8, 4) is 6.07 Å². The second-order valence-electron chi connectivity index (χ2n) is 7.62. The first-order chi connectivity index (χ1) is 14.8. The van der Waals surface area contributed by atoms with Gasteiger partial charge in [-0.25, -0.2) is 0 Å². The lowest BCUT2D eigenvalue weighted by molar-refractivity contribution is -0.128. The summed E-state index contributed by atoms with van der Waals surface area (Å²) in [7, 11) is 0. The zero-order valence-corrected chi connectivity index (χ0v) is 17.5. The molecule has 0 saturated carbocycles. The lowest BCUT2D eigenvalue weighted by atomic mass is 10.1. The molecule has 0 radical (unpaired) electrons. The number of hydrogen-bond donors (Lipinski definition) is 1. The van der Waals surface area contributed by atoms with Gasteiger partial charge in [-0.05, 0) is 30.4 Å². The maximum Gasteiger partial charge on any atom is 0.266 e. The molecule has 3 rings (SSSR count). The van der Waals surface area contributed by atoms with Gasteiger partial charge in [0.25, 0.3) is 5.91 Å². The average Bonchev–Trinajstić information content (AvgIpc) is 2.80. The lowest BCUT2D eigenvalue weighted by Crippen LogP contribution is -2.48. The third-order valence-electron chi connectivity index (χ3n) is 5.39. The monoisotopic (exact) mass is 402 g/mol. The highest BCUT2D eigenvalue weighted by atomic mass is 16.2. The number of unbranched alkanes of at least 4 members (excludes halogenated alkanes) is 1. The van der Waals surface area contributed by atoms with Crippen molar-refractivity contribution in [1.82, 2.24) is 15.1 Å². The standard InChI is InChI=1S/C25H30N4O/c26-19-24(20-27-14-8-7-11-22-9-3-1-4-10-22)25(30)29-17-15-28(16-18-29)21-23-12-5-2-6-13-23/h1-6,9-10,12-13,20,27H,7-8,11,14-18,21H2/b24-20-. The molecule has 2 aromatic rings. The van der Waals surface area contributed by atoms with Gasteiger partial charge in [0, 0.05) is 45.5 Å². The third kappa shape index (κ3) is 6.75. The van der Waals surface area contributed by atoms with E-state index in [0.29, 0.717) is 13.1 Å². The van der Waals surface area contributed by atoms with Crippen molar-refractivity contribution < 1.29 is 4.79 Å². The Balaban J connectivity index is 1.37. The number of nitrogens with one attached hydrogen (secondary N) is 1. The number of piperazine rings is 1. The van der Waals surface area contributed by atoms with Gasteiger partial charge in [-0.3, -0.25) is 9.69 Å². The smallest absolute Gasteiger partial charge is 0.266 e. The molecule has 5 nitrogen and oxygen atoms in total. The van der Waals surface area contributed by atoms with E-state index in [2.05, 4.69) is 52.7 Å². The third-order valence-corrected chi connectivity index (χ3v) is 5.39. The summed E-state index contributed by atoms with van der Waals surface area (Å²) in [6.45, 7) is 4.62. The van der Waals surface area contributed by atoms with E-state index in [1.54, 1.807) is 11.1 Å². The van der Waals surface area contributed by atoms with Crippen LogP contribution in [0.1, 0.15) is 24.0 Å². The molecule has 0 aromatic heterocycles. The molecule has 1 heterocycles. The van der Waals surface area contributed by atoms with Gasteiger partial charge in [0.05, 0.1) is 0 Å². The van der Waals surface area contributed by atoms with E-state index < -0.39 is 0 Å².